The molecular formula is C23H28F2N2O4. The highest BCUT2D eigenvalue weighted by Gasteiger charge is 2.51. The smallest absolute Gasteiger partial charge is 0.387 e. The standard InChI is InChI=1S/C23H28F2N2O4/c1-14(2)12-19(27-20(28)17-6-4-5-7-18(17)21(27)29)22(30)26(3)13-15-8-10-16(11-9-15)31-23(24)25/h4-5,8-11,14,17-19,23H,6-7,12-13H2,1-3H3. The molecule has 0 saturated carbocycles. The molecule has 168 valence electrons. The number of carbonyl (C=O) groups excluding carboxylic acids is 3. The van der Waals surface area contributed by atoms with Crippen molar-refractivity contribution in [3.05, 3.63) is 42.0 Å². The average Bonchev–Trinajstić information content (AvgIpc) is 2.97. The van der Waals surface area contributed by atoms with Crippen molar-refractivity contribution in [2.75, 3.05) is 7.05 Å². The Balaban J connectivity index is 1.75. The molecule has 2 aliphatic rings. The second-order valence-corrected chi connectivity index (χ2v) is 8.56. The number of nitrogens with zero attached hydrogens (tertiary/aromatic N) is 2. The molecule has 1 aromatic rings. The predicted octanol–water partition coefficient (Wildman–Crippen LogP) is 3.61. The van der Waals surface area contributed by atoms with Crippen molar-refractivity contribution in [3.63, 3.8) is 0 Å². The first-order valence-corrected chi connectivity index (χ1v) is 10.5. The lowest BCUT2D eigenvalue weighted by Crippen LogP contribution is -2.50. The third-order valence-corrected chi connectivity index (χ3v) is 5.78. The number of ether oxygens (including phenoxy) is 1. The van der Waals surface area contributed by atoms with E-state index in [0.29, 0.717) is 19.3 Å². The average molecular weight is 434 g/mol. The number of hydrogen-bond acceptors (Lipinski definition) is 4. The minimum atomic E-state index is -2.90. The van der Waals surface area contributed by atoms with Crippen LogP contribution in [0, 0.1) is 17.8 Å². The predicted molar refractivity (Wildman–Crippen MR) is 110 cm³/mol. The van der Waals surface area contributed by atoms with E-state index in [0.717, 1.165) is 5.56 Å². The summed E-state index contributed by atoms with van der Waals surface area (Å²) >= 11 is 0. The summed E-state index contributed by atoms with van der Waals surface area (Å²) in [6.07, 6.45) is 5.27. The summed E-state index contributed by atoms with van der Waals surface area (Å²) in [6, 6.07) is 5.18. The monoisotopic (exact) mass is 434 g/mol. The maximum atomic E-state index is 13.3. The Morgan fingerprint density at radius 1 is 1.10 bits per heavy atom. The first kappa shape index (κ1) is 22.9. The molecular weight excluding hydrogens is 406 g/mol. The quantitative estimate of drug-likeness (QED) is 0.463. The van der Waals surface area contributed by atoms with Crippen LogP contribution in [-0.2, 0) is 20.9 Å². The molecule has 3 atom stereocenters. The van der Waals surface area contributed by atoms with E-state index in [2.05, 4.69) is 4.74 Å². The van der Waals surface area contributed by atoms with Gasteiger partial charge in [0, 0.05) is 13.6 Å². The van der Waals surface area contributed by atoms with E-state index in [9.17, 15) is 23.2 Å². The number of halogens is 2. The van der Waals surface area contributed by atoms with E-state index in [4.69, 9.17) is 0 Å². The fourth-order valence-electron chi connectivity index (χ4n) is 4.28. The second kappa shape index (κ2) is 9.58. The van der Waals surface area contributed by atoms with Gasteiger partial charge in [0.25, 0.3) is 0 Å². The van der Waals surface area contributed by atoms with Crippen LogP contribution in [0.25, 0.3) is 0 Å². The minimum absolute atomic E-state index is 0.0369. The minimum Gasteiger partial charge on any atom is -0.435 e. The molecule has 0 aromatic heterocycles. The van der Waals surface area contributed by atoms with Crippen LogP contribution in [0.4, 0.5) is 8.78 Å². The van der Waals surface area contributed by atoms with Gasteiger partial charge >= 0.3 is 6.61 Å². The molecule has 6 nitrogen and oxygen atoms in total. The Bertz CT molecular complexity index is 828. The molecule has 3 unspecified atom stereocenters. The third-order valence-electron chi connectivity index (χ3n) is 5.78. The van der Waals surface area contributed by atoms with Crippen molar-refractivity contribution < 1.29 is 27.9 Å². The van der Waals surface area contributed by atoms with Crippen molar-refractivity contribution in [1.29, 1.82) is 0 Å². The van der Waals surface area contributed by atoms with Crippen LogP contribution in [0.15, 0.2) is 36.4 Å². The topological polar surface area (TPSA) is 66.9 Å². The summed E-state index contributed by atoms with van der Waals surface area (Å²) in [5.41, 5.74) is 0.720. The lowest BCUT2D eigenvalue weighted by molar-refractivity contribution is -0.152. The summed E-state index contributed by atoms with van der Waals surface area (Å²) in [7, 11) is 1.61. The first-order valence-electron chi connectivity index (χ1n) is 10.5. The van der Waals surface area contributed by atoms with Gasteiger partial charge in [-0.25, -0.2) is 0 Å². The fourth-order valence-corrected chi connectivity index (χ4v) is 4.28. The van der Waals surface area contributed by atoms with Crippen molar-refractivity contribution in [1.82, 2.24) is 9.80 Å². The van der Waals surface area contributed by atoms with Crippen molar-refractivity contribution in [2.24, 2.45) is 17.8 Å². The van der Waals surface area contributed by atoms with Gasteiger partial charge < -0.3 is 9.64 Å². The molecule has 3 amide bonds. The highest BCUT2D eigenvalue weighted by molar-refractivity contribution is 6.08. The van der Waals surface area contributed by atoms with E-state index in [-0.39, 0.29) is 47.8 Å². The van der Waals surface area contributed by atoms with Crippen molar-refractivity contribution in [2.45, 2.75) is 52.3 Å². The zero-order valence-corrected chi connectivity index (χ0v) is 18.0. The second-order valence-electron chi connectivity index (χ2n) is 8.56. The molecule has 0 bridgehead atoms. The number of amides is 3. The number of benzene rings is 1. The molecule has 0 N–H and O–H groups in total. The number of likely N-dealkylation sites (tertiary alicyclic amines) is 1. The van der Waals surface area contributed by atoms with Gasteiger partial charge in [-0.15, -0.1) is 0 Å². The number of imide groups is 1. The van der Waals surface area contributed by atoms with E-state index >= 15 is 0 Å². The summed E-state index contributed by atoms with van der Waals surface area (Å²) in [6.45, 7) is 1.21. The lowest BCUT2D eigenvalue weighted by atomic mass is 9.85. The molecule has 3 rings (SSSR count). The number of hydrogen-bond donors (Lipinski definition) is 0. The van der Waals surface area contributed by atoms with E-state index in [1.54, 1.807) is 19.2 Å². The molecule has 1 aromatic carbocycles. The normalized spacial score (nSPS) is 21.6. The number of carbonyl (C=O) groups is 3. The van der Waals surface area contributed by atoms with Crippen molar-refractivity contribution >= 4 is 17.7 Å². The molecule has 1 saturated heterocycles. The van der Waals surface area contributed by atoms with Crippen LogP contribution in [0.2, 0.25) is 0 Å². The van der Waals surface area contributed by atoms with Crippen LogP contribution in [0.5, 0.6) is 5.75 Å². The summed E-state index contributed by atoms with van der Waals surface area (Å²) < 4.78 is 29.0. The summed E-state index contributed by atoms with van der Waals surface area (Å²) in [5, 5.41) is 0. The van der Waals surface area contributed by atoms with Crippen LogP contribution < -0.4 is 4.74 Å². The third kappa shape index (κ3) is 5.11. The molecule has 1 fully saturated rings. The Hall–Kier alpha value is -2.77. The largest absolute Gasteiger partial charge is 0.435 e. The molecule has 1 heterocycles. The first-order chi connectivity index (χ1) is 14.7. The lowest BCUT2D eigenvalue weighted by Gasteiger charge is -2.31. The number of fused-ring (bicyclic) bond motifs is 1. The van der Waals surface area contributed by atoms with Crippen molar-refractivity contribution in [3.8, 4) is 5.75 Å². The number of alkyl halides is 2. The van der Waals surface area contributed by atoms with Gasteiger partial charge in [0.05, 0.1) is 11.8 Å². The zero-order valence-electron chi connectivity index (χ0n) is 18.0. The number of allylic oxidation sites excluding steroid dienone is 2. The maximum absolute atomic E-state index is 13.3. The molecule has 0 spiro atoms. The Labute approximate surface area is 180 Å². The van der Waals surface area contributed by atoms with E-state index in [1.807, 2.05) is 26.0 Å². The molecule has 1 aliphatic carbocycles. The maximum Gasteiger partial charge on any atom is 0.387 e. The highest BCUT2D eigenvalue weighted by atomic mass is 19.3. The van der Waals surface area contributed by atoms with Gasteiger partial charge in [-0.1, -0.05) is 38.1 Å². The molecule has 31 heavy (non-hydrogen) atoms. The van der Waals surface area contributed by atoms with Gasteiger partial charge in [-0.05, 0) is 42.9 Å². The van der Waals surface area contributed by atoms with E-state index < -0.39 is 12.7 Å². The van der Waals surface area contributed by atoms with Crippen LogP contribution in [-0.4, -0.2) is 47.2 Å². The van der Waals surface area contributed by atoms with Gasteiger partial charge in [0.2, 0.25) is 17.7 Å². The number of likely N-dealkylation sites (N-methyl/N-ethyl adjacent to an activating group) is 1. The Morgan fingerprint density at radius 2 is 1.65 bits per heavy atom. The number of rotatable bonds is 8. The summed E-state index contributed by atoms with van der Waals surface area (Å²) in [4.78, 5) is 42.0. The van der Waals surface area contributed by atoms with Crippen LogP contribution in [0.3, 0.4) is 0 Å². The fraction of sp³-hybridized carbons (Fsp3) is 0.522. The Kier molecular flexibility index (Phi) is 7.08. The van der Waals surface area contributed by atoms with Gasteiger partial charge in [0.15, 0.2) is 0 Å². The Morgan fingerprint density at radius 3 is 2.13 bits per heavy atom. The molecule has 8 heteroatoms. The van der Waals surface area contributed by atoms with Gasteiger partial charge in [0.1, 0.15) is 11.8 Å². The molecule has 0 radical (unpaired) electrons. The summed E-state index contributed by atoms with van der Waals surface area (Å²) in [5.74, 6) is -1.46. The molecule has 1 aliphatic heterocycles. The van der Waals surface area contributed by atoms with Gasteiger partial charge in [-0.2, -0.15) is 8.78 Å². The SMILES string of the molecule is CC(C)CC(C(=O)N(C)Cc1ccc(OC(F)F)cc1)N1C(=O)C2CC=CCC2C1=O. The van der Waals surface area contributed by atoms with E-state index in [1.165, 1.54) is 21.9 Å². The highest BCUT2D eigenvalue weighted by Crippen LogP contribution is 2.37. The zero-order chi connectivity index (χ0) is 22.7. The van der Waals surface area contributed by atoms with Crippen LogP contribution in [0.1, 0.15) is 38.7 Å². The van der Waals surface area contributed by atoms with Crippen LogP contribution >= 0.6 is 0 Å². The van der Waals surface area contributed by atoms with Gasteiger partial charge in [-0.3, -0.25) is 19.3 Å².